The molecule has 1 aliphatic heterocycles. The molecule has 43 heavy (non-hydrogen) atoms. The van der Waals surface area contributed by atoms with Gasteiger partial charge in [0, 0.05) is 5.56 Å². The second-order valence-corrected chi connectivity index (χ2v) is 15.8. The van der Waals surface area contributed by atoms with Gasteiger partial charge in [0.05, 0.1) is 28.7 Å². The lowest BCUT2D eigenvalue weighted by Gasteiger charge is -2.26. The lowest BCUT2D eigenvalue weighted by atomic mass is 9.87. The molecule has 1 N–H and O–H groups in total. The fourth-order valence-corrected chi connectivity index (χ4v) is 7.18. The largest absolute Gasteiger partial charge is 0.451 e. The molecule has 3 aromatic rings. The van der Waals surface area contributed by atoms with Crippen LogP contribution in [0.1, 0.15) is 70.0 Å². The summed E-state index contributed by atoms with van der Waals surface area (Å²) in [5, 5.41) is -4.65. The van der Waals surface area contributed by atoms with Crippen LogP contribution in [0.25, 0.3) is 0 Å². The second kappa shape index (κ2) is 11.6. The van der Waals surface area contributed by atoms with E-state index in [1.54, 1.807) is 12.1 Å². The molecule has 0 aromatic heterocycles. The van der Waals surface area contributed by atoms with E-state index >= 15 is 0 Å². The molecule has 0 spiro atoms. The minimum absolute atomic E-state index is 0.0331. The topological polar surface area (TPSA) is 99.1 Å². The van der Waals surface area contributed by atoms with Crippen molar-refractivity contribution in [2.45, 2.75) is 91.3 Å². The number of hydrogen-bond donors (Lipinski definition) is 1. The van der Waals surface area contributed by atoms with Crippen LogP contribution in [-0.2, 0) is 46.4 Å². The Morgan fingerprint density at radius 1 is 0.907 bits per heavy atom. The molecule has 0 radical (unpaired) electrons. The van der Waals surface area contributed by atoms with Gasteiger partial charge < -0.3 is 14.2 Å². The Hall–Kier alpha value is -2.83. The molecular formula is C32H37F2O7S2+. The zero-order valence-corrected chi connectivity index (χ0v) is 26.8. The summed E-state index contributed by atoms with van der Waals surface area (Å²) in [6, 6.07) is 22.6. The SMILES string of the molecule is CC(OC(=O)c1ccc([S+](c2ccc(C(C)(C)C)cc2)c2ccc(C3(C)OCC(C)(C)O3)cc2)cc1)C(F)(F)S(=O)(=O)O. The molecule has 1 saturated heterocycles. The Balaban J connectivity index is 1.66. The zero-order valence-electron chi connectivity index (χ0n) is 25.2. The highest BCUT2D eigenvalue weighted by molar-refractivity contribution is 7.97. The minimum atomic E-state index is -5.76. The first kappa shape index (κ1) is 33.1. The standard InChI is InChI=1S/C32H36F2O7S2/c1-21(32(33,34)43(36,37)38)40-28(35)22-8-14-25(15-9-22)42(26-16-10-23(11-17-26)29(2,3)4)27-18-12-24(13-19-27)31(7)39-20-30(5,6)41-31/h8-19,21H,20H2,1-7H3/p+1. The third-order valence-electron chi connectivity index (χ3n) is 7.16. The number of carbonyl (C=O) groups excluding carboxylic acids is 1. The first-order chi connectivity index (χ1) is 19.7. The predicted molar refractivity (Wildman–Crippen MR) is 160 cm³/mol. The van der Waals surface area contributed by atoms with Crippen molar-refractivity contribution in [1.82, 2.24) is 0 Å². The molecule has 3 unspecified atom stereocenters. The van der Waals surface area contributed by atoms with Crippen LogP contribution >= 0.6 is 0 Å². The van der Waals surface area contributed by atoms with Crippen molar-refractivity contribution in [2.75, 3.05) is 6.61 Å². The number of esters is 1. The van der Waals surface area contributed by atoms with Gasteiger partial charge in [-0.3, -0.25) is 4.55 Å². The summed E-state index contributed by atoms with van der Waals surface area (Å²) in [6.07, 6.45) is -2.40. The number of alkyl halides is 2. The maximum atomic E-state index is 13.9. The Bertz CT molecular complexity index is 1560. The van der Waals surface area contributed by atoms with Crippen molar-refractivity contribution in [2.24, 2.45) is 0 Å². The summed E-state index contributed by atoms with van der Waals surface area (Å²) in [4.78, 5) is 15.4. The molecule has 0 aliphatic carbocycles. The number of halogens is 2. The predicted octanol–water partition coefficient (Wildman–Crippen LogP) is 7.10. The lowest BCUT2D eigenvalue weighted by Crippen LogP contribution is -2.42. The quantitative estimate of drug-likeness (QED) is 0.160. The molecule has 0 saturated carbocycles. The Morgan fingerprint density at radius 3 is 1.79 bits per heavy atom. The van der Waals surface area contributed by atoms with Crippen LogP contribution in [0.4, 0.5) is 8.78 Å². The van der Waals surface area contributed by atoms with Crippen molar-refractivity contribution in [3.63, 3.8) is 0 Å². The normalized spacial score (nSPS) is 20.4. The highest BCUT2D eigenvalue weighted by atomic mass is 32.2. The highest BCUT2D eigenvalue weighted by Gasteiger charge is 2.52. The van der Waals surface area contributed by atoms with E-state index in [9.17, 15) is 22.0 Å². The van der Waals surface area contributed by atoms with Crippen molar-refractivity contribution in [3.05, 3.63) is 89.5 Å². The number of rotatable bonds is 8. The van der Waals surface area contributed by atoms with Gasteiger partial charge in [-0.1, -0.05) is 32.9 Å². The number of ether oxygens (including phenoxy) is 3. The third kappa shape index (κ3) is 7.12. The highest BCUT2D eigenvalue weighted by Crippen LogP contribution is 2.40. The van der Waals surface area contributed by atoms with Crippen molar-refractivity contribution in [1.29, 1.82) is 0 Å². The summed E-state index contributed by atoms with van der Waals surface area (Å²) in [6.45, 7) is 13.4. The van der Waals surface area contributed by atoms with Crippen LogP contribution in [0.3, 0.4) is 0 Å². The van der Waals surface area contributed by atoms with Gasteiger partial charge in [-0.25, -0.2) is 4.79 Å². The van der Waals surface area contributed by atoms with E-state index in [0.29, 0.717) is 13.5 Å². The number of hydrogen-bond acceptors (Lipinski definition) is 6. The van der Waals surface area contributed by atoms with Crippen LogP contribution < -0.4 is 0 Å². The molecular weight excluding hydrogens is 598 g/mol. The van der Waals surface area contributed by atoms with Crippen molar-refractivity contribution >= 4 is 27.0 Å². The molecule has 232 valence electrons. The van der Waals surface area contributed by atoms with E-state index in [1.807, 2.05) is 45.0 Å². The van der Waals surface area contributed by atoms with Crippen LogP contribution in [-0.4, -0.2) is 42.5 Å². The van der Waals surface area contributed by atoms with E-state index in [0.717, 1.165) is 20.2 Å². The zero-order chi connectivity index (χ0) is 32.0. The second-order valence-electron chi connectivity index (χ2n) is 12.3. The summed E-state index contributed by atoms with van der Waals surface area (Å²) < 4.78 is 75.5. The Kier molecular flexibility index (Phi) is 8.91. The first-order valence-corrected chi connectivity index (χ1v) is 16.4. The maximum Gasteiger partial charge on any atom is 0.405 e. The molecule has 0 bridgehead atoms. The monoisotopic (exact) mass is 635 g/mol. The third-order valence-corrected chi connectivity index (χ3v) is 10.4. The Labute approximate surface area is 254 Å². The van der Waals surface area contributed by atoms with Crippen LogP contribution in [0.15, 0.2) is 87.5 Å². The molecule has 7 nitrogen and oxygen atoms in total. The van der Waals surface area contributed by atoms with Gasteiger partial charge >= 0.3 is 21.3 Å². The van der Waals surface area contributed by atoms with Crippen molar-refractivity contribution < 1.29 is 40.8 Å². The van der Waals surface area contributed by atoms with Gasteiger partial charge in [-0.15, -0.1) is 0 Å². The van der Waals surface area contributed by atoms with E-state index in [-0.39, 0.29) is 11.0 Å². The van der Waals surface area contributed by atoms with Gasteiger partial charge in [-0.05, 0) is 99.3 Å². The molecule has 3 atom stereocenters. The smallest absolute Gasteiger partial charge is 0.405 e. The van der Waals surface area contributed by atoms with Gasteiger partial charge in [0.2, 0.25) is 0 Å². The van der Waals surface area contributed by atoms with Gasteiger partial charge in [0.15, 0.2) is 26.6 Å². The fourth-order valence-electron chi connectivity index (χ4n) is 4.67. The van der Waals surface area contributed by atoms with E-state index < -0.39 is 49.7 Å². The average Bonchev–Trinajstić information content (AvgIpc) is 3.22. The number of benzene rings is 3. The molecule has 1 aliphatic rings. The number of carbonyl (C=O) groups is 1. The molecule has 11 heteroatoms. The lowest BCUT2D eigenvalue weighted by molar-refractivity contribution is -0.176. The summed E-state index contributed by atoms with van der Waals surface area (Å²) >= 11 is 0. The minimum Gasteiger partial charge on any atom is -0.451 e. The molecule has 0 amide bonds. The molecule has 1 fully saturated rings. The molecule has 3 aromatic carbocycles. The summed E-state index contributed by atoms with van der Waals surface area (Å²) in [5.41, 5.74) is 1.57. The van der Waals surface area contributed by atoms with E-state index in [1.165, 1.54) is 17.7 Å². The van der Waals surface area contributed by atoms with Gasteiger partial charge in [-0.2, -0.15) is 17.2 Å². The van der Waals surface area contributed by atoms with Crippen LogP contribution in [0, 0.1) is 0 Å². The van der Waals surface area contributed by atoms with Crippen LogP contribution in [0.5, 0.6) is 0 Å². The maximum absolute atomic E-state index is 13.9. The summed E-state index contributed by atoms with van der Waals surface area (Å²) in [5.74, 6) is -2.02. The van der Waals surface area contributed by atoms with Gasteiger partial charge in [0.1, 0.15) is 0 Å². The first-order valence-electron chi connectivity index (χ1n) is 13.7. The van der Waals surface area contributed by atoms with Crippen molar-refractivity contribution in [3.8, 4) is 0 Å². The fraction of sp³-hybridized carbons (Fsp3) is 0.406. The molecule has 4 rings (SSSR count). The summed E-state index contributed by atoms with van der Waals surface area (Å²) in [7, 11) is -6.38. The van der Waals surface area contributed by atoms with E-state index in [2.05, 4.69) is 49.8 Å². The average molecular weight is 636 g/mol. The Morgan fingerprint density at radius 2 is 1.37 bits per heavy atom. The molecule has 1 heterocycles. The van der Waals surface area contributed by atoms with E-state index in [4.69, 9.17) is 14.0 Å². The van der Waals surface area contributed by atoms with Crippen LogP contribution in [0.2, 0.25) is 0 Å². The van der Waals surface area contributed by atoms with Gasteiger partial charge in [0.25, 0.3) is 0 Å².